The minimum Gasteiger partial charge on any atom is -0.463 e. The number of hydrogen-bond donors (Lipinski definition) is 6. The van der Waals surface area contributed by atoms with E-state index >= 15 is 0 Å². The molecule has 0 aromatic carbocycles. The molecule has 98 heavy (non-hydrogen) atoms. The lowest BCUT2D eigenvalue weighted by Crippen LogP contribution is -2.71. The van der Waals surface area contributed by atoms with E-state index in [2.05, 4.69) is 31.9 Å². The molecule has 19 atom stereocenters. The summed E-state index contributed by atoms with van der Waals surface area (Å²) < 4.78 is 110. The van der Waals surface area contributed by atoms with Crippen molar-refractivity contribution >= 4 is 66.4 Å². The summed E-state index contributed by atoms with van der Waals surface area (Å²) in [5.74, 6) is -4.83. The van der Waals surface area contributed by atoms with E-state index in [9.17, 15) is 52.7 Å². The molecule has 0 bridgehead atoms. The first-order valence-electron chi connectivity index (χ1n) is 32.1. The zero-order valence-corrected chi connectivity index (χ0v) is 60.1. The molecule has 558 valence electrons. The highest BCUT2D eigenvalue weighted by molar-refractivity contribution is 5.72. The van der Waals surface area contributed by atoms with E-state index in [4.69, 9.17) is 85.3 Å². The van der Waals surface area contributed by atoms with Crippen LogP contribution >= 0.6 is 0 Å². The van der Waals surface area contributed by atoms with Crippen molar-refractivity contribution in [3.8, 4) is 0 Å². The Kier molecular flexibility index (Phi) is 27.2. The van der Waals surface area contributed by atoms with Crippen molar-refractivity contribution in [1.82, 2.24) is 31.9 Å². The van der Waals surface area contributed by atoms with E-state index in [1.807, 2.05) is 0 Å². The van der Waals surface area contributed by atoms with E-state index < -0.39 is 236 Å². The molecule has 4 heterocycles. The molecule has 35 nitrogen and oxygen atoms in total. The first-order chi connectivity index (χ1) is 44.8. The van der Waals surface area contributed by atoms with E-state index in [0.29, 0.717) is 0 Å². The number of nitrogens with one attached hydrogen (secondary N) is 6. The molecule has 0 aromatic rings. The van der Waals surface area contributed by atoms with Crippen molar-refractivity contribution in [2.45, 2.75) is 316 Å². The Morgan fingerprint density at radius 2 is 0.673 bits per heavy atom. The highest BCUT2D eigenvalue weighted by Crippen LogP contribution is 2.42. The molecule has 6 amide bonds. The van der Waals surface area contributed by atoms with Gasteiger partial charge in [-0.15, -0.1) is 0 Å². The van der Waals surface area contributed by atoms with Crippen LogP contribution in [0.2, 0.25) is 0 Å². The van der Waals surface area contributed by atoms with Crippen LogP contribution in [0.25, 0.3) is 0 Å². The maximum atomic E-state index is 14.4. The van der Waals surface area contributed by atoms with Gasteiger partial charge >= 0.3 is 66.4 Å². The maximum absolute atomic E-state index is 14.4. The normalized spacial score (nSPS) is 30.2. The van der Waals surface area contributed by atoms with Crippen LogP contribution in [-0.2, 0) is 109 Å². The number of carbonyl (C=O) groups excluding carboxylic acids is 11. The van der Waals surface area contributed by atoms with Crippen LogP contribution in [0.4, 0.5) is 28.8 Å². The van der Waals surface area contributed by atoms with Crippen molar-refractivity contribution in [3.05, 3.63) is 0 Å². The molecule has 0 aromatic heterocycles. The molecule has 4 saturated heterocycles. The van der Waals surface area contributed by atoms with Gasteiger partial charge in [-0.25, -0.2) is 28.8 Å². The van der Waals surface area contributed by atoms with Crippen molar-refractivity contribution < 1.29 is 138 Å². The van der Waals surface area contributed by atoms with Gasteiger partial charge in [0.25, 0.3) is 0 Å². The lowest BCUT2D eigenvalue weighted by atomic mass is 9.83. The molecule has 0 radical (unpaired) electrons. The number of esters is 5. The molecule has 0 spiro atoms. The number of alkyl carbamates (subject to hydrolysis) is 6. The predicted molar refractivity (Wildman–Crippen MR) is 334 cm³/mol. The van der Waals surface area contributed by atoms with Crippen LogP contribution < -0.4 is 31.9 Å². The highest BCUT2D eigenvalue weighted by Gasteiger charge is 2.63. The third kappa shape index (κ3) is 26.7. The summed E-state index contributed by atoms with van der Waals surface area (Å²) in [5.41, 5.74) is -6.52. The van der Waals surface area contributed by atoms with Crippen molar-refractivity contribution in [3.63, 3.8) is 0 Å². The van der Waals surface area contributed by atoms with Crippen LogP contribution in [-0.4, -0.2) is 236 Å². The summed E-state index contributed by atoms with van der Waals surface area (Å²) >= 11 is 0. The molecule has 1 saturated carbocycles. The highest BCUT2D eigenvalue weighted by atomic mass is 16.8. The first-order valence-corrected chi connectivity index (χ1v) is 32.1. The van der Waals surface area contributed by atoms with Crippen molar-refractivity contribution in [2.75, 3.05) is 19.7 Å². The Labute approximate surface area is 569 Å². The minimum absolute atomic E-state index is 0.240. The van der Waals surface area contributed by atoms with Gasteiger partial charge in [0.15, 0.2) is 43.3 Å². The summed E-state index contributed by atoms with van der Waals surface area (Å²) in [6.07, 6.45) is -31.2. The third-order valence-electron chi connectivity index (χ3n) is 13.7. The fourth-order valence-electron chi connectivity index (χ4n) is 10.7. The second kappa shape index (κ2) is 32.8. The Hall–Kier alpha value is -7.31. The van der Waals surface area contributed by atoms with Gasteiger partial charge in [-0.3, -0.25) is 24.0 Å². The van der Waals surface area contributed by atoms with Crippen LogP contribution in [0.5, 0.6) is 0 Å². The largest absolute Gasteiger partial charge is 0.463 e. The molecule has 0 unspecified atom stereocenters. The monoisotopic (exact) mass is 1410 g/mol. The van der Waals surface area contributed by atoms with E-state index in [-0.39, 0.29) is 6.54 Å². The molecule has 35 heteroatoms. The minimum atomic E-state index is -2.07. The Bertz CT molecular complexity index is 2840. The quantitative estimate of drug-likeness (QED) is 0.0559. The number of rotatable bonds is 20. The summed E-state index contributed by atoms with van der Waals surface area (Å²) in [6.45, 7) is 32.2. The fraction of sp³-hybridized carbons (Fsp3) is 0.825. The van der Waals surface area contributed by atoms with Gasteiger partial charge in [-0.05, 0) is 131 Å². The van der Waals surface area contributed by atoms with Gasteiger partial charge in [0.1, 0.15) is 101 Å². The van der Waals surface area contributed by atoms with Gasteiger partial charge in [-0.1, -0.05) is 0 Å². The molecule has 1 aliphatic carbocycles. The lowest BCUT2D eigenvalue weighted by molar-refractivity contribution is -0.313. The second-order valence-electron chi connectivity index (χ2n) is 29.9. The van der Waals surface area contributed by atoms with Crippen LogP contribution in [0, 0.1) is 0 Å². The lowest BCUT2D eigenvalue weighted by Gasteiger charge is -2.50. The molecule has 6 N–H and O–H groups in total. The van der Waals surface area contributed by atoms with Gasteiger partial charge in [0.05, 0.1) is 18.6 Å². The zero-order valence-electron chi connectivity index (χ0n) is 60.1. The molecule has 5 fully saturated rings. The number of hydrogen-bond acceptors (Lipinski definition) is 29. The molecule has 5 rings (SSSR count). The van der Waals surface area contributed by atoms with E-state index in [1.165, 1.54) is 20.8 Å². The van der Waals surface area contributed by atoms with Crippen LogP contribution in [0.3, 0.4) is 0 Å². The molecular formula is C63H102N6O29. The van der Waals surface area contributed by atoms with Gasteiger partial charge in [0, 0.05) is 41.2 Å². The number of ether oxygens (including phenoxy) is 18. The standard InChI is InChI=1S/C63H102N6O29/c1-28(70)81-27-37-44(91-50-39(69-57(80)98-63(21,22)23)46-43(89-46)36(87-50)26-65-53(76)94-59(9,10)11)48(85-32(5)74)51(88-37)92-47-40(82-29(2)71)33(66-54(77)95-60(12,13)14)24-34(67-55(78)96-61(15,16)17)41(47)90-49-38(68-56(79)97-62(18,19)20)45(84-31(4)73)42(83-30(3)72)35(86-49)25-64-52(75)93-58(6,7)8/h33-51H,24-27H2,1-23H3,(H,64,75)(H,65,76)(H,66,77)(H,67,78)(H,68,79)(H,69,80)/t33-,34+,35-,36+,37-,38-,39-,40+,41-,42-,43-,44-,45-,46+,47-,48-,49-,50-,51+/m1/s1. The number of carbonyl (C=O) groups is 11. The topological polar surface area (TPSA) is 429 Å². The average molecular weight is 1410 g/mol. The zero-order chi connectivity index (χ0) is 74.1. The molecule has 4 aliphatic heterocycles. The second-order valence-corrected chi connectivity index (χ2v) is 29.9. The third-order valence-corrected chi connectivity index (χ3v) is 13.7. The van der Waals surface area contributed by atoms with Gasteiger partial charge < -0.3 is 117 Å². The van der Waals surface area contributed by atoms with Gasteiger partial charge in [0.2, 0.25) is 0 Å². The Morgan fingerprint density at radius 1 is 0.327 bits per heavy atom. The van der Waals surface area contributed by atoms with Crippen molar-refractivity contribution in [1.29, 1.82) is 0 Å². The number of fused-ring (bicyclic) bond motifs is 1. The predicted octanol–water partition coefficient (Wildman–Crippen LogP) is 4.40. The SMILES string of the molecule is CC(=O)OC[C@H]1O[C@@H](O[C@@H]2[C@@H](OC(C)=O)[C@H](NC(=O)OC(C)(C)C)C[C@H](NC(=O)OC(C)(C)C)[C@H]2O[C@H]2O[C@H](CNC(=O)OC(C)(C)C)[C@@H](OC(C)=O)[C@H](OC(C)=O)[C@H]2NC(=O)OC(C)(C)C)[C@H](OC(C)=O)[C@@H]1O[C@H]1O[C@@H](CNC(=O)OC(C)(C)C)[C@H]2O[C@H]2[C@H]1NC(=O)OC(C)(C)C. The van der Waals surface area contributed by atoms with Gasteiger partial charge in [-0.2, -0.15) is 0 Å². The smallest absolute Gasteiger partial charge is 0.408 e. The van der Waals surface area contributed by atoms with E-state index in [1.54, 1.807) is 104 Å². The summed E-state index contributed by atoms with van der Waals surface area (Å²) in [7, 11) is 0. The maximum Gasteiger partial charge on any atom is 0.408 e. The number of amides is 6. The summed E-state index contributed by atoms with van der Waals surface area (Å²) in [6, 6.07) is -6.18. The number of epoxide rings is 1. The summed E-state index contributed by atoms with van der Waals surface area (Å²) in [5, 5.41) is 16.0. The molecular weight excluding hydrogens is 1300 g/mol. The molecule has 5 aliphatic rings. The fourth-order valence-corrected chi connectivity index (χ4v) is 10.7. The van der Waals surface area contributed by atoms with Crippen LogP contribution in [0.15, 0.2) is 0 Å². The van der Waals surface area contributed by atoms with Crippen molar-refractivity contribution in [2.24, 2.45) is 0 Å². The summed E-state index contributed by atoms with van der Waals surface area (Å²) in [4.78, 5) is 149. The van der Waals surface area contributed by atoms with Crippen LogP contribution in [0.1, 0.15) is 166 Å². The first kappa shape index (κ1) is 81.4. The van der Waals surface area contributed by atoms with E-state index in [0.717, 1.165) is 34.6 Å². The Balaban J connectivity index is 1.80. The Morgan fingerprint density at radius 3 is 1.12 bits per heavy atom. The average Bonchev–Trinajstić information content (AvgIpc) is 1.50.